The minimum absolute atomic E-state index is 0.0121. The molecule has 2 aromatic carbocycles. The van der Waals surface area contributed by atoms with Crippen molar-refractivity contribution in [1.82, 2.24) is 0 Å². The zero-order valence-corrected chi connectivity index (χ0v) is 14.3. The van der Waals surface area contributed by atoms with Gasteiger partial charge in [-0.1, -0.05) is 30.3 Å². The van der Waals surface area contributed by atoms with Gasteiger partial charge in [0.05, 0.1) is 4.92 Å². The summed E-state index contributed by atoms with van der Waals surface area (Å²) in [5.41, 5.74) is 2.45. The van der Waals surface area contributed by atoms with Gasteiger partial charge in [0, 0.05) is 36.2 Å². The molecular formula is C20H18N2O4. The first kappa shape index (κ1) is 17.4. The quantitative estimate of drug-likeness (QED) is 0.514. The van der Waals surface area contributed by atoms with Gasteiger partial charge in [0.1, 0.15) is 11.5 Å². The number of rotatable bonds is 6. The van der Waals surface area contributed by atoms with Gasteiger partial charge in [0.2, 0.25) is 5.91 Å². The number of nitrogens with one attached hydrogen (secondary N) is 1. The summed E-state index contributed by atoms with van der Waals surface area (Å²) in [5.74, 6) is 1.11. The highest BCUT2D eigenvalue weighted by molar-refractivity contribution is 5.91. The molecule has 0 fully saturated rings. The summed E-state index contributed by atoms with van der Waals surface area (Å²) < 4.78 is 5.73. The Morgan fingerprint density at radius 2 is 1.92 bits per heavy atom. The molecule has 0 atom stereocenters. The molecule has 1 heterocycles. The second-order valence-corrected chi connectivity index (χ2v) is 5.94. The number of para-hydroxylation sites is 1. The van der Waals surface area contributed by atoms with Crippen molar-refractivity contribution in [2.45, 2.75) is 19.8 Å². The number of aryl methyl sites for hydroxylation is 2. The zero-order chi connectivity index (χ0) is 18.5. The number of non-ortho nitro benzene ring substituents is 1. The van der Waals surface area contributed by atoms with Gasteiger partial charge in [-0.2, -0.15) is 0 Å². The fourth-order valence-electron chi connectivity index (χ4n) is 2.60. The van der Waals surface area contributed by atoms with Crippen LogP contribution in [0.2, 0.25) is 0 Å². The van der Waals surface area contributed by atoms with Crippen molar-refractivity contribution in [2.24, 2.45) is 0 Å². The number of carbonyl (C=O) groups is 1. The van der Waals surface area contributed by atoms with Crippen LogP contribution >= 0.6 is 0 Å². The number of nitrogens with zero attached hydrogens (tertiary/aromatic N) is 1. The molecule has 0 bridgehead atoms. The van der Waals surface area contributed by atoms with E-state index in [0.29, 0.717) is 23.5 Å². The summed E-state index contributed by atoms with van der Waals surface area (Å²) in [4.78, 5) is 22.5. The first-order chi connectivity index (χ1) is 12.5. The van der Waals surface area contributed by atoms with Crippen molar-refractivity contribution < 1.29 is 14.1 Å². The maximum atomic E-state index is 12.1. The van der Waals surface area contributed by atoms with Crippen molar-refractivity contribution in [3.8, 4) is 11.3 Å². The highest BCUT2D eigenvalue weighted by atomic mass is 16.6. The summed E-state index contributed by atoms with van der Waals surface area (Å²) in [6, 6.07) is 17.4. The molecule has 0 unspecified atom stereocenters. The molecule has 1 amide bonds. The molecule has 0 saturated heterocycles. The topological polar surface area (TPSA) is 85.4 Å². The Bertz CT molecular complexity index is 946. The van der Waals surface area contributed by atoms with Gasteiger partial charge in [-0.3, -0.25) is 14.9 Å². The lowest BCUT2D eigenvalue weighted by Gasteiger charge is -2.07. The van der Waals surface area contributed by atoms with Crippen LogP contribution in [0, 0.1) is 17.0 Å². The number of nitro benzene ring substituents is 1. The van der Waals surface area contributed by atoms with E-state index >= 15 is 0 Å². The third-order valence-corrected chi connectivity index (χ3v) is 4.02. The van der Waals surface area contributed by atoms with Crippen LogP contribution in [0.4, 0.5) is 11.4 Å². The van der Waals surface area contributed by atoms with Crippen molar-refractivity contribution in [3.05, 3.63) is 82.1 Å². The number of amides is 1. The number of nitro groups is 1. The molecule has 0 saturated carbocycles. The standard InChI is InChI=1S/C20H18N2O4/c1-14-5-2-3-8-18(14)21-20(23)12-10-17-9-11-19(26-17)15-6-4-7-16(13-15)22(24)25/h2-9,11,13H,10,12H2,1H3,(H,21,23). The van der Waals surface area contributed by atoms with E-state index in [4.69, 9.17) is 4.42 Å². The summed E-state index contributed by atoms with van der Waals surface area (Å²) >= 11 is 0. The van der Waals surface area contributed by atoms with E-state index in [2.05, 4.69) is 5.32 Å². The van der Waals surface area contributed by atoms with E-state index in [1.54, 1.807) is 24.3 Å². The number of hydrogen-bond donors (Lipinski definition) is 1. The van der Waals surface area contributed by atoms with Crippen LogP contribution in [0.3, 0.4) is 0 Å². The number of benzene rings is 2. The Labute approximate surface area is 150 Å². The molecule has 6 nitrogen and oxygen atoms in total. The molecule has 0 spiro atoms. The van der Waals surface area contributed by atoms with Crippen LogP contribution in [0.5, 0.6) is 0 Å². The average Bonchev–Trinajstić information content (AvgIpc) is 3.11. The van der Waals surface area contributed by atoms with Crippen LogP contribution < -0.4 is 5.32 Å². The molecule has 0 aliphatic carbocycles. The smallest absolute Gasteiger partial charge is 0.270 e. The molecule has 0 aliphatic heterocycles. The van der Waals surface area contributed by atoms with Crippen LogP contribution in [0.25, 0.3) is 11.3 Å². The van der Waals surface area contributed by atoms with E-state index in [-0.39, 0.29) is 18.0 Å². The van der Waals surface area contributed by atoms with Gasteiger partial charge in [0.15, 0.2) is 0 Å². The van der Waals surface area contributed by atoms with Gasteiger partial charge < -0.3 is 9.73 Å². The lowest BCUT2D eigenvalue weighted by Crippen LogP contribution is -2.12. The molecule has 3 rings (SSSR count). The fraction of sp³-hybridized carbons (Fsp3) is 0.150. The highest BCUT2D eigenvalue weighted by Gasteiger charge is 2.11. The normalized spacial score (nSPS) is 10.5. The maximum absolute atomic E-state index is 12.1. The predicted octanol–water partition coefficient (Wildman–Crippen LogP) is 4.73. The molecule has 132 valence electrons. The SMILES string of the molecule is Cc1ccccc1NC(=O)CCc1ccc(-c2cccc([N+](=O)[O-])c2)o1. The van der Waals surface area contributed by atoms with Crippen molar-refractivity contribution in [2.75, 3.05) is 5.32 Å². The van der Waals surface area contributed by atoms with Gasteiger partial charge in [0.25, 0.3) is 5.69 Å². The molecule has 6 heteroatoms. The highest BCUT2D eigenvalue weighted by Crippen LogP contribution is 2.26. The monoisotopic (exact) mass is 350 g/mol. The minimum atomic E-state index is -0.441. The summed E-state index contributed by atoms with van der Waals surface area (Å²) in [5, 5.41) is 13.8. The summed E-state index contributed by atoms with van der Waals surface area (Å²) in [7, 11) is 0. The van der Waals surface area contributed by atoms with E-state index in [1.807, 2.05) is 31.2 Å². The van der Waals surface area contributed by atoms with E-state index in [0.717, 1.165) is 11.3 Å². The van der Waals surface area contributed by atoms with E-state index in [9.17, 15) is 14.9 Å². The molecular weight excluding hydrogens is 332 g/mol. The lowest BCUT2D eigenvalue weighted by molar-refractivity contribution is -0.384. The lowest BCUT2D eigenvalue weighted by atomic mass is 10.1. The number of hydrogen-bond acceptors (Lipinski definition) is 4. The van der Waals surface area contributed by atoms with E-state index < -0.39 is 4.92 Å². The number of furan rings is 1. The average molecular weight is 350 g/mol. The molecule has 0 aliphatic rings. The fourth-order valence-corrected chi connectivity index (χ4v) is 2.60. The summed E-state index contributed by atoms with van der Waals surface area (Å²) in [6.45, 7) is 1.94. The zero-order valence-electron chi connectivity index (χ0n) is 14.3. The van der Waals surface area contributed by atoms with Crippen LogP contribution in [-0.4, -0.2) is 10.8 Å². The van der Waals surface area contributed by atoms with Gasteiger partial charge >= 0.3 is 0 Å². The third-order valence-electron chi connectivity index (χ3n) is 4.02. The van der Waals surface area contributed by atoms with Gasteiger partial charge in [-0.15, -0.1) is 0 Å². The van der Waals surface area contributed by atoms with Crippen LogP contribution in [0.1, 0.15) is 17.7 Å². The number of carbonyl (C=O) groups excluding carboxylic acids is 1. The Morgan fingerprint density at radius 1 is 1.12 bits per heavy atom. The van der Waals surface area contributed by atoms with E-state index in [1.165, 1.54) is 12.1 Å². The third kappa shape index (κ3) is 4.16. The summed E-state index contributed by atoms with van der Waals surface area (Å²) in [6.07, 6.45) is 0.739. The molecule has 1 aromatic heterocycles. The Hall–Kier alpha value is -3.41. The van der Waals surface area contributed by atoms with Crippen LogP contribution in [0.15, 0.2) is 65.1 Å². The Kier molecular flexibility index (Phi) is 5.12. The minimum Gasteiger partial charge on any atom is -0.461 e. The number of anilines is 1. The Morgan fingerprint density at radius 3 is 2.69 bits per heavy atom. The predicted molar refractivity (Wildman–Crippen MR) is 98.9 cm³/mol. The first-order valence-electron chi connectivity index (χ1n) is 8.22. The second-order valence-electron chi connectivity index (χ2n) is 5.94. The first-order valence-corrected chi connectivity index (χ1v) is 8.22. The van der Waals surface area contributed by atoms with Crippen molar-refractivity contribution in [3.63, 3.8) is 0 Å². The molecule has 1 N–H and O–H groups in total. The molecule has 0 radical (unpaired) electrons. The van der Waals surface area contributed by atoms with Gasteiger partial charge in [-0.05, 0) is 30.7 Å². The van der Waals surface area contributed by atoms with Crippen LogP contribution in [-0.2, 0) is 11.2 Å². The van der Waals surface area contributed by atoms with Crippen molar-refractivity contribution in [1.29, 1.82) is 0 Å². The molecule has 3 aromatic rings. The largest absolute Gasteiger partial charge is 0.461 e. The second kappa shape index (κ2) is 7.65. The van der Waals surface area contributed by atoms with Gasteiger partial charge in [-0.25, -0.2) is 0 Å². The maximum Gasteiger partial charge on any atom is 0.270 e. The molecule has 26 heavy (non-hydrogen) atoms. The van der Waals surface area contributed by atoms with Crippen molar-refractivity contribution >= 4 is 17.3 Å². The Balaban J connectivity index is 1.62.